The molecule has 32 heavy (non-hydrogen) atoms. The molecular weight excluding hydrogens is 410 g/mol. The molecule has 2 rings (SSSR count). The molecule has 10 heteroatoms. The number of amides is 2. The summed E-state index contributed by atoms with van der Waals surface area (Å²) in [7, 11) is 7.05. The van der Waals surface area contributed by atoms with Crippen LogP contribution in [0.5, 0.6) is 5.75 Å². The van der Waals surface area contributed by atoms with Gasteiger partial charge in [-0.15, -0.1) is 0 Å². The molecule has 1 aromatic heterocycles. The van der Waals surface area contributed by atoms with Crippen LogP contribution in [0.2, 0.25) is 0 Å². The largest absolute Gasteiger partial charge is 0.497 e. The fourth-order valence-corrected chi connectivity index (χ4v) is 3.06. The maximum absolute atomic E-state index is 12.0. The van der Waals surface area contributed by atoms with Crippen molar-refractivity contribution in [3.63, 3.8) is 0 Å². The third-order valence-corrected chi connectivity index (χ3v) is 4.94. The van der Waals surface area contributed by atoms with E-state index in [2.05, 4.69) is 25.9 Å². The van der Waals surface area contributed by atoms with Gasteiger partial charge in [-0.1, -0.05) is 6.92 Å². The van der Waals surface area contributed by atoms with Crippen LogP contribution in [0.3, 0.4) is 0 Å². The molecule has 0 fully saturated rings. The molecule has 1 aromatic carbocycles. The number of anilines is 3. The number of carbonyl (C=O) groups is 2. The van der Waals surface area contributed by atoms with Crippen molar-refractivity contribution < 1.29 is 14.3 Å². The quantitative estimate of drug-likeness (QED) is 0.407. The van der Waals surface area contributed by atoms with Crippen LogP contribution in [-0.4, -0.2) is 62.6 Å². The summed E-state index contributed by atoms with van der Waals surface area (Å²) in [5.41, 5.74) is 7.94. The lowest BCUT2D eigenvalue weighted by atomic mass is 10.1. The summed E-state index contributed by atoms with van der Waals surface area (Å²) in [6.45, 7) is 4.21. The fourth-order valence-electron chi connectivity index (χ4n) is 3.06. The van der Waals surface area contributed by atoms with E-state index in [0.717, 1.165) is 5.56 Å². The molecule has 1 atom stereocenters. The number of nitrogens with two attached hydrogens (primary N) is 1. The number of hydrogen-bond acceptors (Lipinski definition) is 8. The van der Waals surface area contributed by atoms with Gasteiger partial charge in [0.1, 0.15) is 5.75 Å². The lowest BCUT2D eigenvalue weighted by molar-refractivity contribution is -0.122. The van der Waals surface area contributed by atoms with Crippen molar-refractivity contribution in [2.45, 2.75) is 32.7 Å². The molecule has 10 nitrogen and oxygen atoms in total. The number of aryl methyl sites for hydroxylation is 1. The molecule has 0 saturated heterocycles. The Bertz CT molecular complexity index is 963. The van der Waals surface area contributed by atoms with Crippen LogP contribution in [0.15, 0.2) is 18.2 Å². The van der Waals surface area contributed by atoms with E-state index in [1.54, 1.807) is 27.1 Å². The molecule has 0 saturated carbocycles. The van der Waals surface area contributed by atoms with Gasteiger partial charge in [0.05, 0.1) is 18.8 Å². The van der Waals surface area contributed by atoms with Gasteiger partial charge < -0.3 is 31.3 Å². The highest BCUT2D eigenvalue weighted by Crippen LogP contribution is 2.27. The van der Waals surface area contributed by atoms with Crippen LogP contribution in [0.25, 0.3) is 0 Å². The molecule has 2 aromatic rings. The van der Waals surface area contributed by atoms with Gasteiger partial charge in [-0.2, -0.15) is 0 Å². The number of benzene rings is 1. The zero-order valence-electron chi connectivity index (χ0n) is 19.6. The van der Waals surface area contributed by atoms with Crippen molar-refractivity contribution in [1.82, 2.24) is 20.6 Å². The number of likely N-dealkylation sites (N-methyl/N-ethyl adjacent to an activating group) is 1. The number of carbonyl (C=O) groups excluding carboxylic acids is 2. The molecule has 1 unspecified atom stereocenters. The summed E-state index contributed by atoms with van der Waals surface area (Å²) in [6, 6.07) is 5.33. The number of nitrogens with one attached hydrogen (secondary N) is 3. The number of primary amides is 1. The summed E-state index contributed by atoms with van der Waals surface area (Å²) in [5, 5.41) is 8.96. The Labute approximate surface area is 188 Å². The second-order valence-electron chi connectivity index (χ2n) is 7.55. The molecule has 174 valence electrons. The van der Waals surface area contributed by atoms with E-state index in [1.807, 2.05) is 38.1 Å². The third-order valence-electron chi connectivity index (χ3n) is 4.94. The van der Waals surface area contributed by atoms with Gasteiger partial charge in [0.2, 0.25) is 5.91 Å². The lowest BCUT2D eigenvalue weighted by Crippen LogP contribution is -2.41. The monoisotopic (exact) mass is 443 g/mol. The van der Waals surface area contributed by atoms with Crippen LogP contribution in [0.1, 0.15) is 35.6 Å². The second-order valence-corrected chi connectivity index (χ2v) is 7.55. The summed E-state index contributed by atoms with van der Waals surface area (Å²) in [6.07, 6.45) is 1.21. The zero-order chi connectivity index (χ0) is 23.8. The van der Waals surface area contributed by atoms with E-state index in [4.69, 9.17) is 10.5 Å². The van der Waals surface area contributed by atoms with Gasteiger partial charge in [0.25, 0.3) is 5.91 Å². The normalized spacial score (nSPS) is 11.6. The highest BCUT2D eigenvalue weighted by atomic mass is 16.5. The molecular formula is C22H33N7O3. The maximum Gasteiger partial charge on any atom is 0.271 e. The van der Waals surface area contributed by atoms with Gasteiger partial charge >= 0.3 is 0 Å². The van der Waals surface area contributed by atoms with Crippen LogP contribution in [-0.2, 0) is 17.6 Å². The summed E-state index contributed by atoms with van der Waals surface area (Å²) < 4.78 is 5.42. The molecule has 1 heterocycles. The molecule has 0 aliphatic heterocycles. The highest BCUT2D eigenvalue weighted by molar-refractivity contribution is 5.96. The minimum Gasteiger partial charge on any atom is -0.497 e. The minimum absolute atomic E-state index is 0.0673. The first-order valence-corrected chi connectivity index (χ1v) is 10.5. The molecule has 5 N–H and O–H groups in total. The Kier molecular flexibility index (Phi) is 8.77. The smallest absolute Gasteiger partial charge is 0.271 e. The Balaban J connectivity index is 2.32. The van der Waals surface area contributed by atoms with Crippen LogP contribution in [0.4, 0.5) is 17.3 Å². The van der Waals surface area contributed by atoms with Gasteiger partial charge in [0.15, 0.2) is 17.3 Å². The van der Waals surface area contributed by atoms with E-state index in [9.17, 15) is 9.59 Å². The number of aromatic nitrogens is 2. The van der Waals surface area contributed by atoms with Gasteiger partial charge in [-0.3, -0.25) is 9.59 Å². The topological polar surface area (TPSA) is 134 Å². The Morgan fingerprint density at radius 1 is 1.22 bits per heavy atom. The second kappa shape index (κ2) is 11.3. The van der Waals surface area contributed by atoms with Crippen LogP contribution >= 0.6 is 0 Å². The Morgan fingerprint density at radius 3 is 2.50 bits per heavy atom. The lowest BCUT2D eigenvalue weighted by Gasteiger charge is -2.19. The average Bonchev–Trinajstić information content (AvgIpc) is 2.77. The van der Waals surface area contributed by atoms with E-state index in [-0.39, 0.29) is 23.5 Å². The van der Waals surface area contributed by atoms with E-state index >= 15 is 0 Å². The number of nitrogens with zero attached hydrogens (tertiary/aromatic N) is 3. The number of rotatable bonds is 11. The Hall–Kier alpha value is -3.40. The number of hydrogen-bond donors (Lipinski definition) is 4. The first kappa shape index (κ1) is 24.9. The van der Waals surface area contributed by atoms with Crippen molar-refractivity contribution in [3.8, 4) is 5.75 Å². The molecule has 0 aliphatic carbocycles. The van der Waals surface area contributed by atoms with Crippen molar-refractivity contribution in [3.05, 3.63) is 35.2 Å². The van der Waals surface area contributed by atoms with Crippen molar-refractivity contribution in [2.24, 2.45) is 5.73 Å². The molecule has 0 aliphatic rings. The van der Waals surface area contributed by atoms with Crippen molar-refractivity contribution in [2.75, 3.05) is 45.0 Å². The summed E-state index contributed by atoms with van der Waals surface area (Å²) in [4.78, 5) is 34.9. The number of ether oxygens (including phenoxy) is 1. The van der Waals surface area contributed by atoms with Crippen molar-refractivity contribution >= 4 is 29.1 Å². The third kappa shape index (κ3) is 6.30. The predicted octanol–water partition coefficient (Wildman–Crippen LogP) is 1.22. The van der Waals surface area contributed by atoms with E-state index in [1.165, 1.54) is 0 Å². The average molecular weight is 444 g/mol. The van der Waals surface area contributed by atoms with E-state index < -0.39 is 5.91 Å². The first-order valence-electron chi connectivity index (χ1n) is 10.5. The predicted molar refractivity (Wildman–Crippen MR) is 126 cm³/mol. The van der Waals surface area contributed by atoms with Crippen molar-refractivity contribution in [1.29, 1.82) is 0 Å². The SMILES string of the molecule is CCc1nc(C(N)=O)c(Nc2cc(CCNC(=O)C(C)NC)cc(OC)c2)nc1N(C)C. The zero-order valence-corrected chi connectivity index (χ0v) is 19.6. The standard InChI is InChI=1S/C22H33N7O3/c1-7-17-21(29(4)5)28-20(18(27-17)19(23)30)26-15-10-14(11-16(12-15)32-6)8-9-25-22(31)13(2)24-3/h10-13,24H,7-9H2,1-6H3,(H2,23,30)(H,25,31)(H,26,28). The molecule has 0 radical (unpaired) electrons. The van der Waals surface area contributed by atoms with Crippen LogP contribution in [0, 0.1) is 0 Å². The molecule has 0 bridgehead atoms. The summed E-state index contributed by atoms with van der Waals surface area (Å²) >= 11 is 0. The molecule has 0 spiro atoms. The summed E-state index contributed by atoms with van der Waals surface area (Å²) in [5.74, 6) is 0.830. The fraction of sp³-hybridized carbons (Fsp3) is 0.455. The highest BCUT2D eigenvalue weighted by Gasteiger charge is 2.18. The number of methoxy groups -OCH3 is 1. The van der Waals surface area contributed by atoms with Gasteiger partial charge in [-0.05, 0) is 44.5 Å². The van der Waals surface area contributed by atoms with Crippen LogP contribution < -0.4 is 31.3 Å². The minimum atomic E-state index is -0.663. The van der Waals surface area contributed by atoms with Gasteiger partial charge in [0, 0.05) is 32.4 Å². The maximum atomic E-state index is 12.0. The van der Waals surface area contributed by atoms with E-state index in [0.29, 0.717) is 42.3 Å². The Morgan fingerprint density at radius 2 is 1.94 bits per heavy atom. The molecule has 2 amide bonds. The van der Waals surface area contributed by atoms with Gasteiger partial charge in [-0.25, -0.2) is 9.97 Å². The first-order chi connectivity index (χ1) is 15.2.